The number of halogens is 1. The van der Waals surface area contributed by atoms with Crippen molar-refractivity contribution < 1.29 is 22.9 Å². The minimum absolute atomic E-state index is 0.173. The zero-order valence-corrected chi connectivity index (χ0v) is 16.9. The predicted octanol–water partition coefficient (Wildman–Crippen LogP) is 2.73. The molecule has 1 atom stereocenters. The Morgan fingerprint density at radius 2 is 2.07 bits per heavy atom. The normalized spacial score (nSPS) is 15.9. The van der Waals surface area contributed by atoms with Gasteiger partial charge in [-0.3, -0.25) is 19.2 Å². The van der Waals surface area contributed by atoms with Gasteiger partial charge in [0.05, 0.1) is 22.1 Å². The van der Waals surface area contributed by atoms with Crippen LogP contribution in [0.25, 0.3) is 0 Å². The zero-order valence-electron chi connectivity index (χ0n) is 15.4. The Morgan fingerprint density at radius 3 is 2.76 bits per heavy atom. The van der Waals surface area contributed by atoms with Gasteiger partial charge in [0.1, 0.15) is 10.8 Å². The molecule has 2 aromatic carbocycles. The summed E-state index contributed by atoms with van der Waals surface area (Å²) in [5, 5.41) is 13.7. The molecule has 9 nitrogen and oxygen atoms in total. The molecule has 0 saturated heterocycles. The van der Waals surface area contributed by atoms with Gasteiger partial charge in [0.15, 0.2) is 6.10 Å². The number of nitro benzene ring substituents is 1. The van der Waals surface area contributed by atoms with E-state index in [1.807, 2.05) is 6.92 Å². The van der Waals surface area contributed by atoms with E-state index in [0.717, 1.165) is 16.4 Å². The molecule has 1 unspecified atom stereocenters. The maximum Gasteiger partial charge on any atom is 0.289 e. The number of nitrogens with zero attached hydrogens (tertiary/aromatic N) is 2. The van der Waals surface area contributed by atoms with E-state index in [2.05, 4.69) is 5.32 Å². The molecule has 1 N–H and O–H groups in total. The van der Waals surface area contributed by atoms with Gasteiger partial charge in [-0.2, -0.15) is 0 Å². The molecule has 0 aromatic heterocycles. The van der Waals surface area contributed by atoms with E-state index in [4.69, 9.17) is 16.3 Å². The Balaban J connectivity index is 2.04. The molecule has 154 valence electrons. The van der Waals surface area contributed by atoms with E-state index < -0.39 is 32.6 Å². The number of fused-ring (bicyclic) bond motifs is 1. The predicted molar refractivity (Wildman–Crippen MR) is 107 cm³/mol. The number of hydrogen-bond donors (Lipinski definition) is 1. The molecule has 2 aromatic rings. The minimum Gasteiger partial charge on any atom is -0.476 e. The van der Waals surface area contributed by atoms with Crippen LogP contribution < -0.4 is 14.4 Å². The van der Waals surface area contributed by atoms with Crippen molar-refractivity contribution in [2.75, 3.05) is 17.4 Å². The van der Waals surface area contributed by atoms with Crippen LogP contribution >= 0.6 is 11.6 Å². The molecule has 1 heterocycles. The van der Waals surface area contributed by atoms with E-state index in [1.54, 1.807) is 18.2 Å². The SMILES string of the molecule is CCCNC(=O)C1CN(S(=O)(=O)c2ccc(Cl)c([N+](=O)[O-])c2)c2ccccc2O1. The average Bonchev–Trinajstić information content (AvgIpc) is 2.71. The summed E-state index contributed by atoms with van der Waals surface area (Å²) in [6, 6.07) is 9.63. The zero-order chi connectivity index (χ0) is 21.2. The Bertz CT molecular complexity index is 1060. The second-order valence-corrected chi connectivity index (χ2v) is 8.54. The second kappa shape index (κ2) is 8.26. The number of anilines is 1. The lowest BCUT2D eigenvalue weighted by Gasteiger charge is -2.34. The third-order valence-electron chi connectivity index (χ3n) is 4.28. The van der Waals surface area contributed by atoms with Crippen molar-refractivity contribution in [2.24, 2.45) is 0 Å². The number of nitrogens with one attached hydrogen (secondary N) is 1. The number of para-hydroxylation sites is 2. The summed E-state index contributed by atoms with van der Waals surface area (Å²) < 4.78 is 33.3. The van der Waals surface area contributed by atoms with Gasteiger partial charge in [-0.1, -0.05) is 30.7 Å². The molecule has 29 heavy (non-hydrogen) atoms. The molecule has 1 aliphatic rings. The van der Waals surface area contributed by atoms with Crippen molar-refractivity contribution in [2.45, 2.75) is 24.3 Å². The highest BCUT2D eigenvalue weighted by atomic mass is 35.5. The molecular weight excluding hydrogens is 422 g/mol. The lowest BCUT2D eigenvalue weighted by Crippen LogP contribution is -2.50. The fourth-order valence-corrected chi connectivity index (χ4v) is 4.53. The van der Waals surface area contributed by atoms with Crippen LogP contribution in [0, 0.1) is 10.1 Å². The van der Waals surface area contributed by atoms with Crippen LogP contribution in [0.1, 0.15) is 13.3 Å². The molecule has 0 spiro atoms. The minimum atomic E-state index is -4.22. The number of carbonyl (C=O) groups is 1. The topological polar surface area (TPSA) is 119 Å². The van der Waals surface area contributed by atoms with Crippen LogP contribution in [0.2, 0.25) is 5.02 Å². The van der Waals surface area contributed by atoms with Crippen molar-refractivity contribution in [3.05, 3.63) is 57.6 Å². The molecule has 3 rings (SSSR count). The first-order valence-electron chi connectivity index (χ1n) is 8.75. The van der Waals surface area contributed by atoms with Crippen molar-refractivity contribution in [3.8, 4) is 5.75 Å². The molecule has 11 heteroatoms. The summed E-state index contributed by atoms with van der Waals surface area (Å²) in [4.78, 5) is 22.5. The highest BCUT2D eigenvalue weighted by Gasteiger charge is 2.38. The second-order valence-electron chi connectivity index (χ2n) is 6.27. The van der Waals surface area contributed by atoms with Gasteiger partial charge in [-0.15, -0.1) is 0 Å². The number of sulfonamides is 1. The Kier molecular flexibility index (Phi) is 5.94. The highest BCUT2D eigenvalue weighted by Crippen LogP contribution is 2.38. The summed E-state index contributed by atoms with van der Waals surface area (Å²) in [5.74, 6) is -0.217. The van der Waals surface area contributed by atoms with Gasteiger partial charge in [-0.05, 0) is 30.7 Å². The van der Waals surface area contributed by atoms with Crippen LogP contribution in [0.15, 0.2) is 47.4 Å². The van der Waals surface area contributed by atoms with Crippen LogP contribution in [0.3, 0.4) is 0 Å². The lowest BCUT2D eigenvalue weighted by atomic mass is 10.2. The van der Waals surface area contributed by atoms with E-state index in [9.17, 15) is 23.3 Å². The molecule has 0 aliphatic carbocycles. The quantitative estimate of drug-likeness (QED) is 0.546. The van der Waals surface area contributed by atoms with Gasteiger partial charge >= 0.3 is 0 Å². The van der Waals surface area contributed by atoms with Crippen LogP contribution in [-0.2, 0) is 14.8 Å². The summed E-state index contributed by atoms with van der Waals surface area (Å²) >= 11 is 5.80. The summed E-state index contributed by atoms with van der Waals surface area (Å²) in [6.45, 7) is 2.04. The molecule has 1 aliphatic heterocycles. The van der Waals surface area contributed by atoms with Crippen LogP contribution in [0.5, 0.6) is 5.75 Å². The van der Waals surface area contributed by atoms with Crippen molar-refractivity contribution in [1.82, 2.24) is 5.32 Å². The number of rotatable bonds is 6. The van der Waals surface area contributed by atoms with E-state index in [-0.39, 0.29) is 27.9 Å². The van der Waals surface area contributed by atoms with Crippen molar-refractivity contribution >= 4 is 38.9 Å². The van der Waals surface area contributed by atoms with Gasteiger partial charge in [-0.25, -0.2) is 8.42 Å². The number of carbonyl (C=O) groups excluding carboxylic acids is 1. The van der Waals surface area contributed by atoms with E-state index >= 15 is 0 Å². The average molecular weight is 440 g/mol. The van der Waals surface area contributed by atoms with E-state index in [0.29, 0.717) is 13.0 Å². The lowest BCUT2D eigenvalue weighted by molar-refractivity contribution is -0.384. The van der Waals surface area contributed by atoms with Crippen LogP contribution in [-0.4, -0.2) is 38.4 Å². The highest BCUT2D eigenvalue weighted by molar-refractivity contribution is 7.92. The van der Waals surface area contributed by atoms with Gasteiger partial charge in [0, 0.05) is 12.6 Å². The fourth-order valence-electron chi connectivity index (χ4n) is 2.85. The smallest absolute Gasteiger partial charge is 0.289 e. The molecule has 0 fully saturated rings. The molecule has 0 saturated carbocycles. The first-order chi connectivity index (χ1) is 13.8. The summed E-state index contributed by atoms with van der Waals surface area (Å²) in [5.41, 5.74) is -0.281. The van der Waals surface area contributed by atoms with E-state index in [1.165, 1.54) is 12.1 Å². The molecular formula is C18H18ClN3O6S. The third-order valence-corrected chi connectivity index (χ3v) is 6.37. The third kappa shape index (κ3) is 4.13. The maximum atomic E-state index is 13.3. The molecule has 0 radical (unpaired) electrons. The number of ether oxygens (including phenoxy) is 1. The maximum absolute atomic E-state index is 13.3. The van der Waals surface area contributed by atoms with Gasteiger partial charge < -0.3 is 10.1 Å². The number of amides is 1. The summed E-state index contributed by atoms with van der Waals surface area (Å²) in [6.07, 6.45) is -0.348. The summed E-state index contributed by atoms with van der Waals surface area (Å²) in [7, 11) is -4.22. The Hall–Kier alpha value is -2.85. The standard InChI is InChI=1S/C18H18ClN3O6S/c1-2-9-20-18(23)17-11-21(14-5-3-4-6-16(14)28-17)29(26,27)12-7-8-13(19)15(10-12)22(24)25/h3-8,10,17H,2,9,11H2,1H3,(H,20,23). The van der Waals surface area contributed by atoms with Gasteiger partial charge in [0.2, 0.25) is 0 Å². The largest absolute Gasteiger partial charge is 0.476 e. The first kappa shape index (κ1) is 20.9. The monoisotopic (exact) mass is 439 g/mol. The number of nitro groups is 1. The number of hydrogen-bond acceptors (Lipinski definition) is 6. The first-order valence-corrected chi connectivity index (χ1v) is 10.6. The van der Waals surface area contributed by atoms with Crippen molar-refractivity contribution in [3.63, 3.8) is 0 Å². The van der Waals surface area contributed by atoms with Gasteiger partial charge in [0.25, 0.3) is 21.6 Å². The number of benzene rings is 2. The molecule has 0 bridgehead atoms. The van der Waals surface area contributed by atoms with Crippen molar-refractivity contribution in [1.29, 1.82) is 0 Å². The molecule has 1 amide bonds. The Labute approximate surface area is 172 Å². The Morgan fingerprint density at radius 1 is 1.34 bits per heavy atom. The fraction of sp³-hybridized carbons (Fsp3) is 0.278. The van der Waals surface area contributed by atoms with Crippen LogP contribution in [0.4, 0.5) is 11.4 Å².